The minimum absolute atomic E-state index is 0.471. The summed E-state index contributed by atoms with van der Waals surface area (Å²) in [6.07, 6.45) is 14.9. The fourth-order valence-electron chi connectivity index (χ4n) is 8.40. The van der Waals surface area contributed by atoms with Crippen molar-refractivity contribution in [3.8, 4) is 33.4 Å². The Bertz CT molecular complexity index is 2080. The van der Waals surface area contributed by atoms with Crippen molar-refractivity contribution in [1.29, 1.82) is 0 Å². The molecule has 0 heterocycles. The van der Waals surface area contributed by atoms with Gasteiger partial charge in [-0.25, -0.2) is 0 Å². The molecule has 0 spiro atoms. The average molecular weight is 753 g/mol. The van der Waals surface area contributed by atoms with Crippen LogP contribution in [0.3, 0.4) is 0 Å². The van der Waals surface area contributed by atoms with E-state index in [0.29, 0.717) is 11.8 Å². The molecule has 0 nitrogen and oxygen atoms in total. The number of benzene rings is 5. The van der Waals surface area contributed by atoms with Gasteiger partial charge < -0.3 is 0 Å². The van der Waals surface area contributed by atoms with E-state index in [1.54, 1.807) is 12.1 Å². The first-order valence-electron chi connectivity index (χ1n) is 18.8. The molecule has 0 N–H and O–H groups in total. The van der Waals surface area contributed by atoms with Crippen LogP contribution in [-0.2, 0) is 34.1 Å². The summed E-state index contributed by atoms with van der Waals surface area (Å²) in [5.41, 5.74) is 16.0. The number of allylic oxidation sites excluding steroid dienone is 4. The van der Waals surface area contributed by atoms with Crippen LogP contribution in [0.1, 0.15) is 99.5 Å². The Morgan fingerprint density at radius 2 is 1.40 bits per heavy atom. The molecular weight excluding hydrogens is 703 g/mol. The molecule has 5 aromatic carbocycles. The first-order valence-corrected chi connectivity index (χ1v) is 23.0. The molecule has 0 fully saturated rings. The molecule has 2 atom stereocenters. The maximum atomic E-state index is 6.52. The SMILES string of the molecule is CCCC(C)c1cc2c(cc1-c1ccccc1)Cc1c-2cc(C(C)CCC)c(-c2ccccc2)[c]1/[Zr](=[CH]\Cc1cccc(Cl)c1)[C]1=CC=CC1. The van der Waals surface area contributed by atoms with Crippen molar-refractivity contribution in [2.24, 2.45) is 0 Å². The van der Waals surface area contributed by atoms with Gasteiger partial charge in [-0.2, -0.15) is 0 Å². The zero-order chi connectivity index (χ0) is 34.6. The summed E-state index contributed by atoms with van der Waals surface area (Å²) < 4.78 is 6.15. The monoisotopic (exact) mass is 750 g/mol. The van der Waals surface area contributed by atoms with Gasteiger partial charge in [0, 0.05) is 0 Å². The number of halogens is 1. The van der Waals surface area contributed by atoms with E-state index < -0.39 is 21.3 Å². The second-order valence-electron chi connectivity index (χ2n) is 14.4. The predicted octanol–water partition coefficient (Wildman–Crippen LogP) is 13.2. The van der Waals surface area contributed by atoms with Crippen molar-refractivity contribution < 1.29 is 21.3 Å². The van der Waals surface area contributed by atoms with Gasteiger partial charge in [0.25, 0.3) is 0 Å². The van der Waals surface area contributed by atoms with Crippen LogP contribution in [0.4, 0.5) is 0 Å². The third-order valence-corrected chi connectivity index (χ3v) is 17.9. The predicted molar refractivity (Wildman–Crippen MR) is 215 cm³/mol. The zero-order valence-corrected chi connectivity index (χ0v) is 33.3. The molecule has 0 amide bonds. The summed E-state index contributed by atoms with van der Waals surface area (Å²) in [6, 6.07) is 38.8. The Balaban J connectivity index is 1.53. The number of rotatable bonds is 12. The van der Waals surface area contributed by atoms with E-state index in [0.717, 1.165) is 24.3 Å². The van der Waals surface area contributed by atoms with E-state index in [1.807, 2.05) is 6.07 Å². The van der Waals surface area contributed by atoms with E-state index in [9.17, 15) is 0 Å². The van der Waals surface area contributed by atoms with Crippen molar-refractivity contribution >= 4 is 18.6 Å². The summed E-state index contributed by atoms with van der Waals surface area (Å²) >= 11 is 3.91. The van der Waals surface area contributed by atoms with Gasteiger partial charge in [-0.15, -0.1) is 0 Å². The van der Waals surface area contributed by atoms with Crippen molar-refractivity contribution in [3.63, 3.8) is 0 Å². The standard InChI is InChI=1S/C35H37.C8H7Cl.C5H5.Zr/c1-5-13-24(3)30-22-34-28(20-32(30)26-15-9-7-10-16-26)19-29-21-33(27-17-11-8-12-18-27)31(23-35(29)34)25(4)14-6-2;1-2-7-4-3-5-8(9)6-7;1-2-4-5-3-1;/h7-12,15-18,20,22-25H,5-6,13-14,19H2,1-4H3;1,3-6H,2H2;1-3H,4H2;. The van der Waals surface area contributed by atoms with Gasteiger partial charge in [0.1, 0.15) is 0 Å². The van der Waals surface area contributed by atoms with Crippen LogP contribution in [-0.4, -0.2) is 3.71 Å². The van der Waals surface area contributed by atoms with Gasteiger partial charge in [0.15, 0.2) is 0 Å². The van der Waals surface area contributed by atoms with Gasteiger partial charge >= 0.3 is 315 Å². The fourth-order valence-corrected chi connectivity index (χ4v) is 15.9. The van der Waals surface area contributed by atoms with E-state index in [-0.39, 0.29) is 0 Å². The first kappa shape index (κ1) is 35.0. The van der Waals surface area contributed by atoms with Crippen molar-refractivity contribution in [2.75, 3.05) is 0 Å². The van der Waals surface area contributed by atoms with E-state index >= 15 is 0 Å². The average Bonchev–Trinajstić information content (AvgIpc) is 3.80. The van der Waals surface area contributed by atoms with Crippen LogP contribution in [0.15, 0.2) is 125 Å². The van der Waals surface area contributed by atoms with Gasteiger partial charge in [-0.05, 0) is 0 Å². The van der Waals surface area contributed by atoms with Gasteiger partial charge in [0.2, 0.25) is 0 Å². The topological polar surface area (TPSA) is 0 Å². The van der Waals surface area contributed by atoms with Crippen LogP contribution >= 0.6 is 11.6 Å². The molecule has 0 aromatic heterocycles. The Morgan fingerprint density at radius 1 is 0.720 bits per heavy atom. The summed E-state index contributed by atoms with van der Waals surface area (Å²) in [7, 11) is 0. The van der Waals surface area contributed by atoms with Crippen molar-refractivity contribution in [1.82, 2.24) is 0 Å². The first-order chi connectivity index (χ1) is 24.5. The third-order valence-electron chi connectivity index (χ3n) is 10.9. The Kier molecular flexibility index (Phi) is 11.1. The van der Waals surface area contributed by atoms with Crippen molar-refractivity contribution in [3.05, 3.63) is 157 Å². The van der Waals surface area contributed by atoms with E-state index in [2.05, 4.69) is 147 Å². The van der Waals surface area contributed by atoms with Crippen LogP contribution < -0.4 is 3.27 Å². The molecule has 0 saturated carbocycles. The number of fused-ring (bicyclic) bond motifs is 3. The maximum absolute atomic E-state index is 6.52. The number of hydrogen-bond donors (Lipinski definition) is 0. The molecule has 252 valence electrons. The molecule has 0 radical (unpaired) electrons. The van der Waals surface area contributed by atoms with Crippen LogP contribution in [0.2, 0.25) is 5.02 Å². The van der Waals surface area contributed by atoms with Crippen LogP contribution in [0.5, 0.6) is 0 Å². The van der Waals surface area contributed by atoms with Crippen molar-refractivity contribution in [2.45, 2.75) is 84.5 Å². The minimum atomic E-state index is -2.61. The van der Waals surface area contributed by atoms with E-state index in [1.165, 1.54) is 81.3 Å². The van der Waals surface area contributed by atoms with Crippen LogP contribution in [0, 0.1) is 0 Å². The number of hydrogen-bond acceptors (Lipinski definition) is 0. The fraction of sp³-hybridized carbons (Fsp3) is 0.271. The summed E-state index contributed by atoms with van der Waals surface area (Å²) in [5, 5.41) is 0.821. The molecule has 0 bridgehead atoms. The van der Waals surface area contributed by atoms with E-state index in [4.69, 9.17) is 11.6 Å². The second kappa shape index (κ2) is 15.9. The Labute approximate surface area is 313 Å². The quantitative estimate of drug-likeness (QED) is 0.117. The zero-order valence-electron chi connectivity index (χ0n) is 30.1. The van der Waals surface area contributed by atoms with Gasteiger partial charge in [-0.3, -0.25) is 0 Å². The summed E-state index contributed by atoms with van der Waals surface area (Å²) in [6.45, 7) is 9.56. The molecule has 2 unspecified atom stereocenters. The summed E-state index contributed by atoms with van der Waals surface area (Å²) in [4.78, 5) is 0. The second-order valence-corrected chi connectivity index (χ2v) is 20.7. The Morgan fingerprint density at radius 3 is 2.06 bits per heavy atom. The molecule has 0 aliphatic heterocycles. The summed E-state index contributed by atoms with van der Waals surface area (Å²) in [5.74, 6) is 0.969. The van der Waals surface area contributed by atoms with Gasteiger partial charge in [-0.1, -0.05) is 0 Å². The molecule has 0 saturated heterocycles. The third kappa shape index (κ3) is 7.20. The Hall–Kier alpha value is -3.38. The molecule has 2 aliphatic carbocycles. The normalized spacial score (nSPS) is 14.7. The molecular formula is C48H49ClZr. The van der Waals surface area contributed by atoms with Gasteiger partial charge in [0.05, 0.1) is 0 Å². The van der Waals surface area contributed by atoms with Crippen LogP contribution in [0.25, 0.3) is 33.4 Å². The molecule has 2 aliphatic rings. The molecule has 2 heteroatoms. The molecule has 7 rings (SSSR count). The molecule has 50 heavy (non-hydrogen) atoms. The molecule has 5 aromatic rings.